The highest BCUT2D eigenvalue weighted by molar-refractivity contribution is 6.31. The molecule has 3 N–H and O–H groups in total. The molecule has 0 aliphatic carbocycles. The Labute approximate surface area is 190 Å². The van der Waals surface area contributed by atoms with Crippen LogP contribution >= 0.6 is 11.6 Å². The van der Waals surface area contributed by atoms with Crippen molar-refractivity contribution in [1.82, 2.24) is 4.90 Å². The lowest BCUT2D eigenvalue weighted by Gasteiger charge is -2.20. The topological polar surface area (TPSA) is 129 Å². The first-order valence-electron chi connectivity index (χ1n) is 9.26. The molecular weight excluding hydrogens is 442 g/mol. The maximum atomic E-state index is 12.9. The van der Waals surface area contributed by atoms with Gasteiger partial charge in [-0.05, 0) is 30.3 Å². The zero-order chi connectivity index (χ0) is 23.8. The summed E-state index contributed by atoms with van der Waals surface area (Å²) in [5.74, 6) is -0.739. The monoisotopic (exact) mass is 465 g/mol. The summed E-state index contributed by atoms with van der Waals surface area (Å²) in [6.07, 6.45) is 0. The van der Waals surface area contributed by atoms with Gasteiger partial charge in [0.1, 0.15) is 5.75 Å². The molecule has 0 atom stereocenters. The number of nitrogens with two attached hydrogens (primary N) is 1. The molecule has 2 aromatic rings. The number of hydrogen-bond donors (Lipinski definition) is 2. The molecule has 10 nitrogen and oxygen atoms in total. The van der Waals surface area contributed by atoms with Gasteiger partial charge < -0.3 is 34.9 Å². The second kappa shape index (κ2) is 11.1. The lowest BCUT2D eigenvalue weighted by atomic mass is 10.1. The molecule has 0 aliphatic heterocycles. The van der Waals surface area contributed by atoms with Gasteiger partial charge in [0, 0.05) is 17.6 Å². The number of nitrogens with zero attached hydrogens (tertiary/aromatic N) is 1. The van der Waals surface area contributed by atoms with Crippen molar-refractivity contribution in [1.29, 1.82) is 0 Å². The summed E-state index contributed by atoms with van der Waals surface area (Å²) in [5, 5.41) is 3.09. The first-order chi connectivity index (χ1) is 15.2. The molecule has 0 saturated heterocycles. The minimum Gasteiger partial charge on any atom is -0.495 e. The predicted molar refractivity (Wildman–Crippen MR) is 118 cm³/mol. The molecule has 0 saturated carbocycles. The van der Waals surface area contributed by atoms with Crippen LogP contribution in [0.25, 0.3) is 0 Å². The van der Waals surface area contributed by atoms with E-state index < -0.39 is 24.3 Å². The van der Waals surface area contributed by atoms with Gasteiger partial charge in [0.05, 0.1) is 33.6 Å². The highest BCUT2D eigenvalue weighted by Crippen LogP contribution is 2.38. The molecule has 172 valence electrons. The molecule has 0 radical (unpaired) electrons. The lowest BCUT2D eigenvalue weighted by molar-refractivity contribution is -0.120. The van der Waals surface area contributed by atoms with Crippen LogP contribution in [0.2, 0.25) is 5.02 Å². The first-order valence-corrected chi connectivity index (χ1v) is 9.63. The van der Waals surface area contributed by atoms with Crippen LogP contribution in [0.3, 0.4) is 0 Å². The summed E-state index contributed by atoms with van der Waals surface area (Å²) in [6.45, 7) is -0.647. The second-order valence-electron chi connectivity index (χ2n) is 6.52. The number of ether oxygens (including phenoxy) is 4. The van der Waals surface area contributed by atoms with Crippen LogP contribution in [-0.2, 0) is 9.59 Å². The zero-order valence-corrected chi connectivity index (χ0v) is 18.8. The van der Waals surface area contributed by atoms with E-state index in [1.165, 1.54) is 45.4 Å². The van der Waals surface area contributed by atoms with E-state index in [4.69, 9.17) is 36.3 Å². The number of anilines is 1. The van der Waals surface area contributed by atoms with Crippen LogP contribution < -0.4 is 30.0 Å². The maximum absolute atomic E-state index is 12.9. The van der Waals surface area contributed by atoms with E-state index in [1.54, 1.807) is 18.2 Å². The number of carbonyl (C=O) groups excluding carboxylic acids is 3. The average Bonchev–Trinajstić information content (AvgIpc) is 2.76. The van der Waals surface area contributed by atoms with Crippen LogP contribution in [0.5, 0.6) is 23.0 Å². The minimum atomic E-state index is -0.684. The van der Waals surface area contributed by atoms with E-state index in [2.05, 4.69) is 5.32 Å². The Morgan fingerprint density at radius 2 is 1.59 bits per heavy atom. The average molecular weight is 466 g/mol. The molecule has 3 amide bonds. The number of carbonyl (C=O) groups is 3. The van der Waals surface area contributed by atoms with E-state index in [0.29, 0.717) is 16.5 Å². The quantitative estimate of drug-likeness (QED) is 0.548. The highest BCUT2D eigenvalue weighted by atomic mass is 35.5. The normalized spacial score (nSPS) is 10.2. The summed E-state index contributed by atoms with van der Waals surface area (Å²) in [6, 6.07) is 7.61. The second-order valence-corrected chi connectivity index (χ2v) is 6.96. The predicted octanol–water partition coefficient (Wildman–Crippen LogP) is 1.94. The van der Waals surface area contributed by atoms with E-state index in [1.807, 2.05) is 0 Å². The Morgan fingerprint density at radius 1 is 1.00 bits per heavy atom. The standard InChI is InChI=1S/C21H24ClN3O7/c1-25(10-19(27)24-14-9-13(22)5-6-15(14)29-2)21(28)12-7-16(30-3)20(17(8-12)31-4)32-11-18(23)26/h5-9H,10-11H2,1-4H3,(H2,23,26)(H,24,27). The van der Waals surface area contributed by atoms with Gasteiger partial charge >= 0.3 is 0 Å². The van der Waals surface area contributed by atoms with Crippen molar-refractivity contribution in [3.8, 4) is 23.0 Å². The van der Waals surface area contributed by atoms with Crippen molar-refractivity contribution in [2.75, 3.05) is 46.8 Å². The third-order valence-corrected chi connectivity index (χ3v) is 4.46. The van der Waals surface area contributed by atoms with E-state index in [9.17, 15) is 14.4 Å². The maximum Gasteiger partial charge on any atom is 0.255 e. The molecule has 32 heavy (non-hydrogen) atoms. The summed E-state index contributed by atoms with van der Waals surface area (Å²) >= 11 is 5.97. The van der Waals surface area contributed by atoms with Crippen molar-refractivity contribution in [2.45, 2.75) is 0 Å². The van der Waals surface area contributed by atoms with Gasteiger partial charge in [0.25, 0.3) is 11.8 Å². The number of rotatable bonds is 10. The van der Waals surface area contributed by atoms with Gasteiger partial charge in [-0.15, -0.1) is 0 Å². The molecular formula is C21H24ClN3O7. The molecule has 11 heteroatoms. The molecule has 0 aliphatic rings. The first kappa shape index (κ1) is 24.6. The molecule has 0 heterocycles. The fourth-order valence-corrected chi connectivity index (χ4v) is 2.94. The van der Waals surface area contributed by atoms with Gasteiger partial charge in [-0.3, -0.25) is 14.4 Å². The van der Waals surface area contributed by atoms with Crippen molar-refractivity contribution in [3.05, 3.63) is 40.9 Å². The SMILES string of the molecule is COc1ccc(Cl)cc1NC(=O)CN(C)C(=O)c1cc(OC)c(OCC(N)=O)c(OC)c1. The van der Waals surface area contributed by atoms with Crippen LogP contribution in [0.4, 0.5) is 5.69 Å². The number of benzene rings is 2. The number of methoxy groups -OCH3 is 3. The van der Waals surface area contributed by atoms with Crippen molar-refractivity contribution >= 4 is 35.0 Å². The van der Waals surface area contributed by atoms with Gasteiger partial charge in [0.15, 0.2) is 18.1 Å². The third-order valence-electron chi connectivity index (χ3n) is 4.23. The lowest BCUT2D eigenvalue weighted by Crippen LogP contribution is -2.35. The fraction of sp³-hybridized carbons (Fsp3) is 0.286. The number of nitrogens with one attached hydrogen (secondary N) is 1. The van der Waals surface area contributed by atoms with E-state index in [0.717, 1.165) is 0 Å². The third kappa shape index (κ3) is 6.17. The number of amides is 3. The van der Waals surface area contributed by atoms with Crippen LogP contribution in [-0.4, -0.2) is 64.2 Å². The van der Waals surface area contributed by atoms with Crippen LogP contribution in [0, 0.1) is 0 Å². The highest BCUT2D eigenvalue weighted by Gasteiger charge is 2.22. The summed E-state index contributed by atoms with van der Waals surface area (Å²) in [7, 11) is 5.67. The Kier molecular flexibility index (Phi) is 8.54. The number of primary amides is 1. The van der Waals surface area contributed by atoms with Crippen molar-refractivity contribution < 1.29 is 33.3 Å². The Morgan fingerprint density at radius 3 is 2.12 bits per heavy atom. The summed E-state index contributed by atoms with van der Waals surface area (Å²) < 4.78 is 21.0. The zero-order valence-electron chi connectivity index (χ0n) is 18.1. The molecule has 0 fully saturated rings. The number of likely N-dealkylation sites (N-methyl/N-ethyl adjacent to an activating group) is 1. The Bertz CT molecular complexity index is 988. The number of halogens is 1. The minimum absolute atomic E-state index is 0.124. The van der Waals surface area contributed by atoms with Crippen LogP contribution in [0.1, 0.15) is 10.4 Å². The van der Waals surface area contributed by atoms with Gasteiger partial charge in [0.2, 0.25) is 11.7 Å². The molecule has 2 rings (SSSR count). The summed E-state index contributed by atoms with van der Waals surface area (Å²) in [4.78, 5) is 37.6. The largest absolute Gasteiger partial charge is 0.495 e. The van der Waals surface area contributed by atoms with Crippen LogP contribution in [0.15, 0.2) is 30.3 Å². The van der Waals surface area contributed by atoms with Gasteiger partial charge in [-0.25, -0.2) is 0 Å². The number of hydrogen-bond acceptors (Lipinski definition) is 7. The smallest absolute Gasteiger partial charge is 0.255 e. The molecule has 0 spiro atoms. The molecule has 0 unspecified atom stereocenters. The Hall–Kier alpha value is -3.66. The van der Waals surface area contributed by atoms with Gasteiger partial charge in [-0.1, -0.05) is 11.6 Å². The van der Waals surface area contributed by atoms with Crippen molar-refractivity contribution in [3.63, 3.8) is 0 Å². The molecule has 0 aromatic heterocycles. The fourth-order valence-electron chi connectivity index (χ4n) is 2.76. The van der Waals surface area contributed by atoms with Crippen molar-refractivity contribution in [2.24, 2.45) is 5.73 Å². The van der Waals surface area contributed by atoms with E-state index >= 15 is 0 Å². The van der Waals surface area contributed by atoms with Gasteiger partial charge in [-0.2, -0.15) is 0 Å². The molecule has 2 aromatic carbocycles. The Balaban J connectivity index is 2.18. The van der Waals surface area contributed by atoms with E-state index in [-0.39, 0.29) is 29.4 Å². The molecule has 0 bridgehead atoms. The summed E-state index contributed by atoms with van der Waals surface area (Å²) in [5.41, 5.74) is 5.67.